The highest BCUT2D eigenvalue weighted by molar-refractivity contribution is 7.17. The predicted molar refractivity (Wildman–Crippen MR) is 120 cm³/mol. The molecule has 160 valence electrons. The van der Waals surface area contributed by atoms with E-state index in [1.165, 1.54) is 22.3 Å². The number of thiophene rings is 1. The van der Waals surface area contributed by atoms with Crippen molar-refractivity contribution < 1.29 is 19.1 Å². The van der Waals surface area contributed by atoms with Gasteiger partial charge in [0.15, 0.2) is 0 Å². The Bertz CT molecular complexity index is 903. The summed E-state index contributed by atoms with van der Waals surface area (Å²) >= 11 is 1.52. The molecule has 0 aliphatic heterocycles. The maximum Gasteiger partial charge on any atom is 0.254 e. The summed E-state index contributed by atoms with van der Waals surface area (Å²) in [4.78, 5) is 26.6. The molecule has 3 rings (SSSR count). The summed E-state index contributed by atoms with van der Waals surface area (Å²) in [5, 5.41) is 6.52. The van der Waals surface area contributed by atoms with Crippen molar-refractivity contribution in [3.8, 4) is 5.75 Å². The highest BCUT2D eigenvalue weighted by Crippen LogP contribution is 2.38. The molecule has 30 heavy (non-hydrogen) atoms. The van der Waals surface area contributed by atoms with Crippen LogP contribution in [0.15, 0.2) is 30.3 Å². The second-order valence-electron chi connectivity index (χ2n) is 7.11. The molecule has 0 radical (unpaired) electrons. The number of nitrogens with one attached hydrogen (secondary N) is 2. The maximum atomic E-state index is 12.9. The van der Waals surface area contributed by atoms with Crippen LogP contribution in [0.3, 0.4) is 0 Å². The van der Waals surface area contributed by atoms with Crippen molar-refractivity contribution in [1.82, 2.24) is 5.32 Å². The number of aryl methyl sites for hydroxylation is 1. The molecule has 0 spiro atoms. The van der Waals surface area contributed by atoms with Crippen LogP contribution < -0.4 is 15.4 Å². The molecule has 1 aliphatic carbocycles. The number of benzene rings is 1. The third kappa shape index (κ3) is 5.70. The van der Waals surface area contributed by atoms with Crippen LogP contribution >= 0.6 is 11.3 Å². The van der Waals surface area contributed by atoms with Crippen LogP contribution in [0.4, 0.5) is 5.00 Å². The second kappa shape index (κ2) is 10.9. The van der Waals surface area contributed by atoms with Crippen molar-refractivity contribution in [3.63, 3.8) is 0 Å². The molecule has 0 saturated heterocycles. The fraction of sp³-hybridized carbons (Fsp3) is 0.391. The molecule has 0 bridgehead atoms. The summed E-state index contributed by atoms with van der Waals surface area (Å²) < 4.78 is 10.2. The molecule has 0 fully saturated rings. The van der Waals surface area contributed by atoms with E-state index < -0.39 is 0 Å². The fourth-order valence-corrected chi connectivity index (χ4v) is 4.73. The van der Waals surface area contributed by atoms with Gasteiger partial charge in [0.05, 0.1) is 12.7 Å². The van der Waals surface area contributed by atoms with Gasteiger partial charge in [0.1, 0.15) is 10.8 Å². The molecule has 2 aromatic rings. The monoisotopic (exact) mass is 428 g/mol. The summed E-state index contributed by atoms with van der Waals surface area (Å²) in [5.74, 6) is 0.389. The number of fused-ring (bicyclic) bond motifs is 1. The first-order chi connectivity index (χ1) is 14.6. The first-order valence-electron chi connectivity index (χ1n) is 10.2. The van der Waals surface area contributed by atoms with Gasteiger partial charge in [0.25, 0.3) is 5.91 Å². The molecule has 1 aliphatic rings. The van der Waals surface area contributed by atoms with Crippen molar-refractivity contribution in [1.29, 1.82) is 0 Å². The Hall–Kier alpha value is -2.64. The standard InChI is InChI=1S/C23H28N2O4S/c1-28-15-5-14-24-22(27)21-18-6-3-4-7-19(18)30-23(21)25-20(26)13-10-16-8-11-17(29-2)12-9-16/h8-13H,3-7,14-15H2,1-2H3,(H,24,27)(H,25,26)/b13-10+. The highest BCUT2D eigenvalue weighted by atomic mass is 32.1. The Morgan fingerprint density at radius 3 is 2.63 bits per heavy atom. The number of anilines is 1. The number of hydrogen-bond acceptors (Lipinski definition) is 5. The Labute approximate surface area is 181 Å². The number of amides is 2. The number of hydrogen-bond donors (Lipinski definition) is 2. The molecular weight excluding hydrogens is 400 g/mol. The van der Waals surface area contributed by atoms with Crippen molar-refractivity contribution in [2.75, 3.05) is 32.7 Å². The Balaban J connectivity index is 1.72. The van der Waals surface area contributed by atoms with Crippen LogP contribution in [0, 0.1) is 0 Å². The van der Waals surface area contributed by atoms with Gasteiger partial charge in [-0.1, -0.05) is 12.1 Å². The summed E-state index contributed by atoms with van der Waals surface area (Å²) in [5.41, 5.74) is 2.61. The average molecular weight is 429 g/mol. The molecular formula is C23H28N2O4S. The lowest BCUT2D eigenvalue weighted by Crippen LogP contribution is -2.27. The van der Waals surface area contributed by atoms with Crippen molar-refractivity contribution in [2.45, 2.75) is 32.1 Å². The Morgan fingerprint density at radius 2 is 1.90 bits per heavy atom. The van der Waals surface area contributed by atoms with E-state index in [1.54, 1.807) is 20.3 Å². The molecule has 0 saturated carbocycles. The van der Waals surface area contributed by atoms with Gasteiger partial charge in [-0.15, -0.1) is 11.3 Å². The first-order valence-corrected chi connectivity index (χ1v) is 11.0. The van der Waals surface area contributed by atoms with Gasteiger partial charge >= 0.3 is 0 Å². The zero-order valence-electron chi connectivity index (χ0n) is 17.5. The Kier molecular flexibility index (Phi) is 8.04. The van der Waals surface area contributed by atoms with E-state index in [2.05, 4.69) is 10.6 Å². The summed E-state index contributed by atoms with van der Waals surface area (Å²) in [6.45, 7) is 1.14. The van der Waals surface area contributed by atoms with Crippen LogP contribution in [-0.4, -0.2) is 39.2 Å². The zero-order chi connectivity index (χ0) is 21.3. The Morgan fingerprint density at radius 1 is 1.13 bits per heavy atom. The predicted octanol–water partition coefficient (Wildman–Crippen LogP) is 4.05. The minimum atomic E-state index is -0.252. The molecule has 2 amide bonds. The van der Waals surface area contributed by atoms with Gasteiger partial charge in [0, 0.05) is 31.2 Å². The number of ether oxygens (including phenoxy) is 2. The minimum Gasteiger partial charge on any atom is -0.497 e. The summed E-state index contributed by atoms with van der Waals surface area (Å²) in [6.07, 6.45) is 8.01. The van der Waals surface area contributed by atoms with Crippen molar-refractivity contribution >= 4 is 34.2 Å². The largest absolute Gasteiger partial charge is 0.497 e. The van der Waals surface area contributed by atoms with Gasteiger partial charge in [-0.2, -0.15) is 0 Å². The fourth-order valence-electron chi connectivity index (χ4n) is 3.44. The van der Waals surface area contributed by atoms with Crippen LogP contribution in [-0.2, 0) is 22.4 Å². The quantitative estimate of drug-likeness (QED) is 0.467. The number of carbonyl (C=O) groups excluding carboxylic acids is 2. The lowest BCUT2D eigenvalue weighted by molar-refractivity contribution is -0.111. The van der Waals surface area contributed by atoms with Crippen LogP contribution in [0.5, 0.6) is 5.75 Å². The van der Waals surface area contributed by atoms with E-state index in [4.69, 9.17) is 9.47 Å². The first kappa shape index (κ1) is 22.1. The smallest absolute Gasteiger partial charge is 0.254 e. The molecule has 2 N–H and O–H groups in total. The molecule has 6 nitrogen and oxygen atoms in total. The molecule has 0 atom stereocenters. The van der Waals surface area contributed by atoms with Crippen LogP contribution in [0.25, 0.3) is 6.08 Å². The molecule has 0 unspecified atom stereocenters. The molecule has 7 heteroatoms. The third-order valence-electron chi connectivity index (χ3n) is 4.99. The lowest BCUT2D eigenvalue weighted by Gasteiger charge is -2.13. The number of methoxy groups -OCH3 is 2. The SMILES string of the molecule is COCCCNC(=O)c1c(NC(=O)/C=C/c2ccc(OC)cc2)sc2c1CCCC2. The van der Waals surface area contributed by atoms with E-state index in [0.717, 1.165) is 49.0 Å². The van der Waals surface area contributed by atoms with Crippen molar-refractivity contribution in [3.05, 3.63) is 51.9 Å². The number of carbonyl (C=O) groups is 2. The van der Waals surface area contributed by atoms with Crippen LogP contribution in [0.2, 0.25) is 0 Å². The minimum absolute atomic E-state index is 0.125. The summed E-state index contributed by atoms with van der Waals surface area (Å²) in [7, 11) is 3.26. The van der Waals surface area contributed by atoms with Gasteiger partial charge in [-0.05, 0) is 61.4 Å². The van der Waals surface area contributed by atoms with Crippen LogP contribution in [0.1, 0.15) is 45.6 Å². The number of rotatable bonds is 9. The van der Waals surface area contributed by atoms with Gasteiger partial charge in [-0.25, -0.2) is 0 Å². The van der Waals surface area contributed by atoms with E-state index in [9.17, 15) is 9.59 Å². The van der Waals surface area contributed by atoms with E-state index in [1.807, 2.05) is 24.3 Å². The summed E-state index contributed by atoms with van der Waals surface area (Å²) in [6, 6.07) is 7.45. The van der Waals surface area contributed by atoms with E-state index in [-0.39, 0.29) is 11.8 Å². The molecule has 1 aromatic heterocycles. The molecule has 1 heterocycles. The van der Waals surface area contributed by atoms with Gasteiger partial charge < -0.3 is 20.1 Å². The maximum absolute atomic E-state index is 12.9. The normalized spacial score (nSPS) is 13.1. The lowest BCUT2D eigenvalue weighted by atomic mass is 9.95. The molecule has 1 aromatic carbocycles. The third-order valence-corrected chi connectivity index (χ3v) is 6.20. The van der Waals surface area contributed by atoms with E-state index >= 15 is 0 Å². The zero-order valence-corrected chi connectivity index (χ0v) is 18.3. The second-order valence-corrected chi connectivity index (χ2v) is 8.22. The van der Waals surface area contributed by atoms with Crippen molar-refractivity contribution in [2.24, 2.45) is 0 Å². The van der Waals surface area contributed by atoms with Gasteiger partial charge in [0.2, 0.25) is 5.91 Å². The average Bonchev–Trinajstić information content (AvgIpc) is 3.13. The highest BCUT2D eigenvalue weighted by Gasteiger charge is 2.25. The topological polar surface area (TPSA) is 76.7 Å². The van der Waals surface area contributed by atoms with E-state index in [0.29, 0.717) is 23.7 Å². The van der Waals surface area contributed by atoms with Gasteiger partial charge in [-0.3, -0.25) is 9.59 Å².